The van der Waals surface area contributed by atoms with Gasteiger partial charge in [-0.3, -0.25) is 4.90 Å². The van der Waals surface area contributed by atoms with Gasteiger partial charge in [-0.15, -0.1) is 0 Å². The van der Waals surface area contributed by atoms with Crippen LogP contribution in [-0.4, -0.2) is 49.6 Å². The highest BCUT2D eigenvalue weighted by Gasteiger charge is 2.16. The topological polar surface area (TPSA) is 18.5 Å². The van der Waals surface area contributed by atoms with Gasteiger partial charge in [-0.25, -0.2) is 0 Å². The predicted molar refractivity (Wildman–Crippen MR) is 88.9 cm³/mol. The second kappa shape index (κ2) is 8.13. The van der Waals surface area contributed by atoms with E-state index in [2.05, 4.69) is 56.2 Å². The fourth-order valence-corrected chi connectivity index (χ4v) is 3.31. The van der Waals surface area contributed by atoms with Crippen molar-refractivity contribution in [2.75, 3.05) is 39.8 Å². The first-order valence-electron chi connectivity index (χ1n) is 7.59. The van der Waals surface area contributed by atoms with Crippen molar-refractivity contribution >= 4 is 15.9 Å². The lowest BCUT2D eigenvalue weighted by molar-refractivity contribution is 0.127. The van der Waals surface area contributed by atoms with E-state index in [0.717, 1.165) is 13.1 Å². The smallest absolute Gasteiger partial charge is 0.0246 e. The average Bonchev–Trinajstić information content (AvgIpc) is 2.44. The molecule has 1 aromatic rings. The fourth-order valence-electron chi connectivity index (χ4n) is 2.76. The Hall–Kier alpha value is -0.420. The zero-order valence-corrected chi connectivity index (χ0v) is 14.2. The van der Waals surface area contributed by atoms with Crippen molar-refractivity contribution in [2.45, 2.75) is 26.4 Å². The number of benzene rings is 1. The van der Waals surface area contributed by atoms with Gasteiger partial charge in [0.25, 0.3) is 0 Å². The molecule has 1 aromatic carbocycles. The van der Waals surface area contributed by atoms with Crippen LogP contribution in [0.5, 0.6) is 0 Å². The van der Waals surface area contributed by atoms with Gasteiger partial charge in [0, 0.05) is 43.7 Å². The van der Waals surface area contributed by atoms with Gasteiger partial charge in [0.15, 0.2) is 0 Å². The van der Waals surface area contributed by atoms with Crippen molar-refractivity contribution in [3.05, 3.63) is 33.8 Å². The Bertz CT molecular complexity index is 414. The first kappa shape index (κ1) is 16.0. The minimum atomic E-state index is 0.925. The molecular weight excluding hydrogens is 314 g/mol. The van der Waals surface area contributed by atoms with E-state index in [1.54, 1.807) is 0 Å². The summed E-state index contributed by atoms with van der Waals surface area (Å²) >= 11 is 3.72. The average molecular weight is 340 g/mol. The van der Waals surface area contributed by atoms with Crippen molar-refractivity contribution in [1.29, 1.82) is 0 Å². The molecule has 0 atom stereocenters. The molecule has 20 heavy (non-hydrogen) atoms. The van der Waals surface area contributed by atoms with Crippen LogP contribution >= 0.6 is 15.9 Å². The molecule has 1 fully saturated rings. The van der Waals surface area contributed by atoms with Crippen LogP contribution in [0.15, 0.2) is 22.7 Å². The molecule has 112 valence electrons. The third kappa shape index (κ3) is 4.55. The largest absolute Gasteiger partial charge is 0.316 e. The predicted octanol–water partition coefficient (Wildman–Crippen LogP) is 2.70. The van der Waals surface area contributed by atoms with Gasteiger partial charge in [-0.1, -0.05) is 35.0 Å². The van der Waals surface area contributed by atoms with Gasteiger partial charge in [0.1, 0.15) is 0 Å². The van der Waals surface area contributed by atoms with E-state index in [0.29, 0.717) is 0 Å². The molecule has 3 nitrogen and oxygen atoms in total. The Labute approximate surface area is 131 Å². The summed E-state index contributed by atoms with van der Waals surface area (Å²) in [5.74, 6) is 0. The van der Waals surface area contributed by atoms with E-state index in [4.69, 9.17) is 0 Å². The number of rotatable bonds is 6. The van der Waals surface area contributed by atoms with Crippen LogP contribution in [-0.2, 0) is 13.1 Å². The highest BCUT2D eigenvalue weighted by Crippen LogP contribution is 2.21. The van der Waals surface area contributed by atoms with E-state index in [9.17, 15) is 0 Å². The highest BCUT2D eigenvalue weighted by atomic mass is 79.9. The number of nitrogens with zero attached hydrogens (tertiary/aromatic N) is 2. The standard InChI is InChI=1S/C16H26BrN3/c1-3-6-19-7-9-20(10-8-19)13-15-5-4-14(12-18-2)11-16(15)17/h4-5,11,18H,3,6-10,12-13H2,1-2H3. The lowest BCUT2D eigenvalue weighted by atomic mass is 10.1. The minimum Gasteiger partial charge on any atom is -0.316 e. The molecule has 0 radical (unpaired) electrons. The van der Waals surface area contributed by atoms with Crippen molar-refractivity contribution in [2.24, 2.45) is 0 Å². The van der Waals surface area contributed by atoms with Crippen LogP contribution in [0, 0.1) is 0 Å². The maximum absolute atomic E-state index is 3.72. The van der Waals surface area contributed by atoms with Gasteiger partial charge in [-0.05, 0) is 37.2 Å². The molecule has 4 heteroatoms. The minimum absolute atomic E-state index is 0.925. The van der Waals surface area contributed by atoms with Crippen LogP contribution in [0.25, 0.3) is 0 Å². The Kier molecular flexibility index (Phi) is 6.49. The first-order chi connectivity index (χ1) is 9.72. The molecule has 2 rings (SSSR count). The highest BCUT2D eigenvalue weighted by molar-refractivity contribution is 9.10. The monoisotopic (exact) mass is 339 g/mol. The van der Waals surface area contributed by atoms with E-state index in [-0.39, 0.29) is 0 Å². The maximum Gasteiger partial charge on any atom is 0.0246 e. The Balaban J connectivity index is 1.88. The molecule has 1 aliphatic rings. The molecule has 1 aliphatic heterocycles. The van der Waals surface area contributed by atoms with E-state index >= 15 is 0 Å². The lowest BCUT2D eigenvalue weighted by Gasteiger charge is -2.34. The van der Waals surface area contributed by atoms with Crippen LogP contribution in [0.3, 0.4) is 0 Å². The summed E-state index contributed by atoms with van der Waals surface area (Å²) in [6, 6.07) is 6.72. The van der Waals surface area contributed by atoms with Crippen LogP contribution in [0.4, 0.5) is 0 Å². The van der Waals surface area contributed by atoms with Crippen molar-refractivity contribution < 1.29 is 0 Å². The summed E-state index contributed by atoms with van der Waals surface area (Å²) in [6.45, 7) is 10.3. The molecule has 1 heterocycles. The summed E-state index contributed by atoms with van der Waals surface area (Å²) in [5.41, 5.74) is 2.73. The van der Waals surface area contributed by atoms with Crippen molar-refractivity contribution in [3.8, 4) is 0 Å². The SMILES string of the molecule is CCCN1CCN(Cc2ccc(CNC)cc2Br)CC1. The van der Waals surface area contributed by atoms with Gasteiger partial charge in [0.2, 0.25) is 0 Å². The summed E-state index contributed by atoms with van der Waals surface area (Å²) in [5, 5.41) is 3.19. The van der Waals surface area contributed by atoms with Gasteiger partial charge < -0.3 is 10.2 Å². The van der Waals surface area contributed by atoms with Crippen LogP contribution in [0.1, 0.15) is 24.5 Å². The molecule has 0 spiro atoms. The summed E-state index contributed by atoms with van der Waals surface area (Å²) in [4.78, 5) is 5.13. The molecular formula is C16H26BrN3. The normalized spacial score (nSPS) is 17.6. The quantitative estimate of drug-likeness (QED) is 0.859. The van der Waals surface area contributed by atoms with E-state index in [1.807, 2.05) is 7.05 Å². The number of hydrogen-bond donors (Lipinski definition) is 1. The lowest BCUT2D eigenvalue weighted by Crippen LogP contribution is -2.46. The number of nitrogens with one attached hydrogen (secondary N) is 1. The summed E-state index contributed by atoms with van der Waals surface area (Å²) < 4.78 is 1.24. The molecule has 1 saturated heterocycles. The first-order valence-corrected chi connectivity index (χ1v) is 8.39. The van der Waals surface area contributed by atoms with Gasteiger partial charge >= 0.3 is 0 Å². The Morgan fingerprint density at radius 1 is 1.15 bits per heavy atom. The van der Waals surface area contributed by atoms with Crippen molar-refractivity contribution in [3.63, 3.8) is 0 Å². The second-order valence-corrected chi connectivity index (χ2v) is 6.43. The van der Waals surface area contributed by atoms with E-state index in [1.165, 1.54) is 54.7 Å². The molecule has 0 aromatic heterocycles. The molecule has 0 bridgehead atoms. The second-order valence-electron chi connectivity index (χ2n) is 5.57. The zero-order chi connectivity index (χ0) is 14.4. The van der Waals surface area contributed by atoms with Gasteiger partial charge in [0.05, 0.1) is 0 Å². The van der Waals surface area contributed by atoms with Crippen molar-refractivity contribution in [1.82, 2.24) is 15.1 Å². The molecule has 0 unspecified atom stereocenters. The number of halogens is 1. The molecule has 1 N–H and O–H groups in total. The Morgan fingerprint density at radius 3 is 2.45 bits per heavy atom. The third-order valence-electron chi connectivity index (χ3n) is 3.90. The Morgan fingerprint density at radius 2 is 1.85 bits per heavy atom. The molecule has 0 saturated carbocycles. The molecule has 0 aliphatic carbocycles. The van der Waals surface area contributed by atoms with Crippen LogP contribution in [0.2, 0.25) is 0 Å². The number of hydrogen-bond acceptors (Lipinski definition) is 3. The third-order valence-corrected chi connectivity index (χ3v) is 4.64. The van der Waals surface area contributed by atoms with Crippen LogP contribution < -0.4 is 5.32 Å². The number of piperazine rings is 1. The van der Waals surface area contributed by atoms with E-state index < -0.39 is 0 Å². The zero-order valence-electron chi connectivity index (χ0n) is 12.7. The maximum atomic E-state index is 3.72. The van der Waals surface area contributed by atoms with Gasteiger partial charge in [-0.2, -0.15) is 0 Å². The summed E-state index contributed by atoms with van der Waals surface area (Å²) in [7, 11) is 1.98. The molecule has 0 amide bonds. The fraction of sp³-hybridized carbons (Fsp3) is 0.625. The summed E-state index contributed by atoms with van der Waals surface area (Å²) in [6.07, 6.45) is 1.26.